The highest BCUT2D eigenvalue weighted by molar-refractivity contribution is 6.38. The average Bonchev–Trinajstić information content (AvgIpc) is 2.78. The van der Waals surface area contributed by atoms with Crippen molar-refractivity contribution in [3.8, 4) is 11.1 Å². The van der Waals surface area contributed by atoms with E-state index in [9.17, 15) is 4.79 Å². The van der Waals surface area contributed by atoms with Crippen LogP contribution in [-0.4, -0.2) is 10.9 Å². The Bertz CT molecular complexity index is 1320. The Hall–Kier alpha value is -3.17. The summed E-state index contributed by atoms with van der Waals surface area (Å²) in [5.41, 5.74) is 8.26. The number of hydrogen-bond donors (Lipinski definition) is 1. The number of aromatic nitrogens is 1. The molecule has 0 fully saturated rings. The highest BCUT2D eigenvalue weighted by atomic mass is 35.5. The number of rotatable bonds is 3. The van der Waals surface area contributed by atoms with E-state index >= 15 is 0 Å². The molecule has 5 rings (SSSR count). The van der Waals surface area contributed by atoms with Crippen LogP contribution < -0.4 is 5.32 Å². The fourth-order valence-corrected chi connectivity index (χ4v) is 5.14. The summed E-state index contributed by atoms with van der Waals surface area (Å²) in [6.07, 6.45) is 4.66. The summed E-state index contributed by atoms with van der Waals surface area (Å²) in [6.45, 7) is 4.18. The summed E-state index contributed by atoms with van der Waals surface area (Å²) in [5.74, 6) is -0.178. The Morgan fingerprint density at radius 1 is 1.03 bits per heavy atom. The van der Waals surface area contributed by atoms with Gasteiger partial charge in [0.05, 0.1) is 22.1 Å². The van der Waals surface area contributed by atoms with E-state index in [0.29, 0.717) is 10.6 Å². The highest BCUT2D eigenvalue weighted by Crippen LogP contribution is 2.34. The van der Waals surface area contributed by atoms with Crippen molar-refractivity contribution in [3.05, 3.63) is 99.7 Å². The molecule has 1 amide bonds. The van der Waals surface area contributed by atoms with Crippen molar-refractivity contribution < 1.29 is 4.79 Å². The van der Waals surface area contributed by atoms with Crippen LogP contribution in [0.15, 0.2) is 66.9 Å². The lowest BCUT2D eigenvalue weighted by Crippen LogP contribution is -2.31. The number of para-hydroxylation sites is 1. The van der Waals surface area contributed by atoms with Gasteiger partial charge in [-0.25, -0.2) is 0 Å². The number of hydrogen-bond acceptors (Lipinski definition) is 2. The van der Waals surface area contributed by atoms with Crippen LogP contribution in [0.3, 0.4) is 0 Å². The summed E-state index contributed by atoms with van der Waals surface area (Å²) >= 11 is 6.78. The molecule has 0 radical (unpaired) electrons. The third-order valence-corrected chi connectivity index (χ3v) is 6.69. The SMILES string of the molecule is Cc1cc(C)cc(-c2cccc3c(Cl)c(C(=O)N[C@H]4CCCc5ccccc54)cnc23)c1. The second-order valence-electron chi connectivity index (χ2n) is 8.68. The Morgan fingerprint density at radius 3 is 2.62 bits per heavy atom. The summed E-state index contributed by atoms with van der Waals surface area (Å²) < 4.78 is 0. The van der Waals surface area contributed by atoms with Crippen molar-refractivity contribution in [3.63, 3.8) is 0 Å². The second kappa shape index (κ2) is 8.40. The molecule has 0 unspecified atom stereocenters. The maximum absolute atomic E-state index is 13.2. The van der Waals surface area contributed by atoms with Crippen molar-refractivity contribution >= 4 is 28.4 Å². The Morgan fingerprint density at radius 2 is 1.81 bits per heavy atom. The quantitative estimate of drug-likeness (QED) is 0.373. The van der Waals surface area contributed by atoms with Gasteiger partial charge in [0, 0.05) is 17.1 Å². The van der Waals surface area contributed by atoms with Gasteiger partial charge in [0.2, 0.25) is 0 Å². The van der Waals surface area contributed by atoms with Crippen molar-refractivity contribution in [1.82, 2.24) is 10.3 Å². The molecule has 0 saturated carbocycles. The van der Waals surface area contributed by atoms with Gasteiger partial charge in [-0.15, -0.1) is 0 Å². The van der Waals surface area contributed by atoms with Crippen molar-refractivity contribution in [1.29, 1.82) is 0 Å². The molecule has 4 heteroatoms. The van der Waals surface area contributed by atoms with Gasteiger partial charge in [-0.2, -0.15) is 0 Å². The standard InChI is InChI=1S/C28H25ClN2O/c1-17-13-18(2)15-20(14-17)22-10-6-11-23-26(29)24(16-30-27(22)23)28(32)31-25-12-5-8-19-7-3-4-9-21(19)25/h3-4,6-7,9-11,13-16,25H,5,8,12H2,1-2H3,(H,31,32)/t25-/m0/s1. The molecule has 1 aliphatic carbocycles. The minimum absolute atomic E-state index is 0.000757. The van der Waals surface area contributed by atoms with E-state index < -0.39 is 0 Å². The van der Waals surface area contributed by atoms with Gasteiger partial charge in [0.15, 0.2) is 0 Å². The molecule has 1 aliphatic rings. The number of halogens is 1. The van der Waals surface area contributed by atoms with Crippen LogP contribution in [0, 0.1) is 13.8 Å². The first-order valence-corrected chi connectivity index (χ1v) is 11.4. The van der Waals surface area contributed by atoms with Gasteiger partial charge >= 0.3 is 0 Å². The normalized spacial score (nSPS) is 15.4. The fraction of sp³-hybridized carbons (Fsp3) is 0.214. The number of benzene rings is 3. The number of carbonyl (C=O) groups excluding carboxylic acids is 1. The summed E-state index contributed by atoms with van der Waals surface area (Å²) in [4.78, 5) is 17.9. The molecule has 32 heavy (non-hydrogen) atoms. The minimum atomic E-state index is -0.178. The third-order valence-electron chi connectivity index (χ3n) is 6.28. The van der Waals surface area contributed by atoms with E-state index in [4.69, 9.17) is 16.6 Å². The molecule has 1 atom stereocenters. The molecule has 0 spiro atoms. The van der Waals surface area contributed by atoms with Crippen LogP contribution in [0.1, 0.15) is 51.5 Å². The minimum Gasteiger partial charge on any atom is -0.345 e. The Balaban J connectivity index is 1.51. The number of nitrogens with one attached hydrogen (secondary N) is 1. The van der Waals surface area contributed by atoms with Gasteiger partial charge < -0.3 is 5.32 Å². The van der Waals surface area contributed by atoms with Gasteiger partial charge in [0.25, 0.3) is 5.91 Å². The molecule has 160 valence electrons. The molecule has 4 aromatic rings. The molecule has 0 bridgehead atoms. The number of fused-ring (bicyclic) bond motifs is 2. The zero-order valence-corrected chi connectivity index (χ0v) is 19.0. The maximum atomic E-state index is 13.2. The average molecular weight is 441 g/mol. The zero-order valence-electron chi connectivity index (χ0n) is 18.3. The van der Waals surface area contributed by atoms with E-state index in [1.54, 1.807) is 6.20 Å². The number of aryl methyl sites for hydroxylation is 3. The molecule has 1 heterocycles. The van der Waals surface area contributed by atoms with Crippen LogP contribution in [0.2, 0.25) is 5.02 Å². The fourth-order valence-electron chi connectivity index (χ4n) is 4.85. The number of nitrogens with zero attached hydrogens (tertiary/aromatic N) is 1. The lowest BCUT2D eigenvalue weighted by molar-refractivity contribution is 0.0932. The first-order chi connectivity index (χ1) is 15.5. The Labute approximate surface area is 193 Å². The van der Waals surface area contributed by atoms with E-state index in [-0.39, 0.29) is 11.9 Å². The van der Waals surface area contributed by atoms with Gasteiger partial charge in [0.1, 0.15) is 0 Å². The summed E-state index contributed by atoms with van der Waals surface area (Å²) in [7, 11) is 0. The van der Waals surface area contributed by atoms with Crippen LogP contribution in [0.5, 0.6) is 0 Å². The number of pyridine rings is 1. The van der Waals surface area contributed by atoms with Gasteiger partial charge in [-0.3, -0.25) is 9.78 Å². The lowest BCUT2D eigenvalue weighted by Gasteiger charge is -2.26. The Kier molecular flexibility index (Phi) is 5.44. The zero-order chi connectivity index (χ0) is 22.2. The van der Waals surface area contributed by atoms with Crippen LogP contribution in [-0.2, 0) is 6.42 Å². The predicted molar refractivity (Wildman–Crippen MR) is 131 cm³/mol. The molecule has 0 saturated heterocycles. The number of amides is 1. The second-order valence-corrected chi connectivity index (χ2v) is 9.06. The van der Waals surface area contributed by atoms with E-state index in [2.05, 4.69) is 61.6 Å². The monoisotopic (exact) mass is 440 g/mol. The topological polar surface area (TPSA) is 42.0 Å². The molecule has 1 N–H and O–H groups in total. The summed E-state index contributed by atoms with van der Waals surface area (Å²) in [6, 6.07) is 20.8. The smallest absolute Gasteiger partial charge is 0.254 e. The lowest BCUT2D eigenvalue weighted by atomic mass is 9.87. The van der Waals surface area contributed by atoms with E-state index in [1.807, 2.05) is 18.2 Å². The molecular weight excluding hydrogens is 416 g/mol. The molecule has 1 aromatic heterocycles. The predicted octanol–water partition coefficient (Wildman–Crippen LogP) is 6.98. The molecular formula is C28H25ClN2O. The van der Waals surface area contributed by atoms with Crippen molar-refractivity contribution in [2.24, 2.45) is 0 Å². The molecule has 3 aromatic carbocycles. The van der Waals surface area contributed by atoms with Crippen molar-refractivity contribution in [2.45, 2.75) is 39.2 Å². The maximum Gasteiger partial charge on any atom is 0.254 e. The largest absolute Gasteiger partial charge is 0.345 e. The van der Waals surface area contributed by atoms with E-state index in [1.165, 1.54) is 22.3 Å². The number of carbonyl (C=O) groups is 1. The van der Waals surface area contributed by atoms with Crippen molar-refractivity contribution in [2.75, 3.05) is 0 Å². The first-order valence-electron chi connectivity index (χ1n) is 11.1. The van der Waals surface area contributed by atoms with Gasteiger partial charge in [-0.1, -0.05) is 83.4 Å². The highest BCUT2D eigenvalue weighted by Gasteiger charge is 2.24. The third kappa shape index (κ3) is 3.78. The summed E-state index contributed by atoms with van der Waals surface area (Å²) in [5, 5.41) is 4.43. The molecule has 3 nitrogen and oxygen atoms in total. The van der Waals surface area contributed by atoms with Gasteiger partial charge in [-0.05, 0) is 49.8 Å². The van der Waals surface area contributed by atoms with E-state index in [0.717, 1.165) is 41.3 Å². The molecule has 0 aliphatic heterocycles. The first kappa shape index (κ1) is 20.7. The van der Waals surface area contributed by atoms with Crippen LogP contribution >= 0.6 is 11.6 Å². The van der Waals surface area contributed by atoms with Crippen LogP contribution in [0.25, 0.3) is 22.0 Å². The van der Waals surface area contributed by atoms with Crippen LogP contribution in [0.4, 0.5) is 0 Å².